The summed E-state index contributed by atoms with van der Waals surface area (Å²) in [4.78, 5) is 4.48. The first-order valence-corrected chi connectivity index (χ1v) is 7.52. The number of nitrogens with one attached hydrogen (secondary N) is 1. The van der Waals surface area contributed by atoms with Crippen LogP contribution < -0.4 is 5.32 Å². The molecule has 4 heteroatoms. The lowest BCUT2D eigenvalue weighted by Crippen LogP contribution is -2.36. The Hall–Kier alpha value is -1.13. The number of aliphatic hydroxyl groups excluding tert-OH is 1. The third kappa shape index (κ3) is 2.74. The van der Waals surface area contributed by atoms with Gasteiger partial charge in [0.25, 0.3) is 0 Å². The standard InChI is InChI=1S/C15H17BrN2O/c16-11-8-10-4-3-6-13(15(10)17-9-11)18-12-5-1-2-7-14(12)19/h3-4,6,8-9,12,14,18-19H,1-2,5,7H2. The van der Waals surface area contributed by atoms with Crippen LogP contribution in [-0.4, -0.2) is 22.2 Å². The van der Waals surface area contributed by atoms with E-state index < -0.39 is 0 Å². The number of para-hydroxylation sites is 1. The maximum Gasteiger partial charge on any atom is 0.0934 e. The monoisotopic (exact) mass is 320 g/mol. The fourth-order valence-electron chi connectivity index (χ4n) is 2.73. The number of pyridine rings is 1. The zero-order chi connectivity index (χ0) is 13.2. The lowest BCUT2D eigenvalue weighted by molar-refractivity contribution is 0.116. The van der Waals surface area contributed by atoms with Gasteiger partial charge in [0.1, 0.15) is 0 Å². The number of anilines is 1. The summed E-state index contributed by atoms with van der Waals surface area (Å²) < 4.78 is 0.981. The van der Waals surface area contributed by atoms with E-state index in [1.54, 1.807) is 0 Å². The third-order valence-electron chi connectivity index (χ3n) is 3.75. The highest BCUT2D eigenvalue weighted by molar-refractivity contribution is 9.10. The van der Waals surface area contributed by atoms with Crippen molar-refractivity contribution in [2.45, 2.75) is 37.8 Å². The lowest BCUT2D eigenvalue weighted by atomic mass is 9.92. The van der Waals surface area contributed by atoms with Crippen LogP contribution in [0.5, 0.6) is 0 Å². The molecule has 1 aromatic carbocycles. The number of fused-ring (bicyclic) bond motifs is 1. The van der Waals surface area contributed by atoms with Gasteiger partial charge >= 0.3 is 0 Å². The van der Waals surface area contributed by atoms with Gasteiger partial charge in [-0.1, -0.05) is 25.0 Å². The molecule has 100 valence electrons. The van der Waals surface area contributed by atoms with Crippen LogP contribution in [0.15, 0.2) is 34.9 Å². The zero-order valence-corrected chi connectivity index (χ0v) is 12.2. The van der Waals surface area contributed by atoms with Gasteiger partial charge in [-0.3, -0.25) is 4.98 Å². The first-order valence-electron chi connectivity index (χ1n) is 6.73. The second kappa shape index (κ2) is 5.47. The molecule has 0 amide bonds. The Morgan fingerprint density at radius 2 is 2.11 bits per heavy atom. The van der Waals surface area contributed by atoms with Crippen LogP contribution >= 0.6 is 15.9 Å². The number of aromatic nitrogens is 1. The van der Waals surface area contributed by atoms with Crippen molar-refractivity contribution >= 4 is 32.5 Å². The van der Waals surface area contributed by atoms with Crippen molar-refractivity contribution in [3.8, 4) is 0 Å². The average molecular weight is 321 g/mol. The quantitative estimate of drug-likeness (QED) is 0.886. The summed E-state index contributed by atoms with van der Waals surface area (Å²) in [7, 11) is 0. The number of rotatable bonds is 2. The molecular formula is C15H17BrN2O. The Bertz CT molecular complexity index is 587. The van der Waals surface area contributed by atoms with Gasteiger partial charge < -0.3 is 10.4 Å². The van der Waals surface area contributed by atoms with Crippen LogP contribution in [0, 0.1) is 0 Å². The van der Waals surface area contributed by atoms with Gasteiger partial charge in [-0.15, -0.1) is 0 Å². The summed E-state index contributed by atoms with van der Waals surface area (Å²) in [5.74, 6) is 0. The number of halogens is 1. The average Bonchev–Trinajstić information content (AvgIpc) is 2.41. The first kappa shape index (κ1) is 12.9. The second-order valence-corrected chi connectivity index (χ2v) is 6.05. The van der Waals surface area contributed by atoms with Crippen LogP contribution in [0.25, 0.3) is 10.9 Å². The SMILES string of the molecule is OC1CCCCC1Nc1cccc2cc(Br)cnc12. The molecule has 0 bridgehead atoms. The van der Waals surface area contributed by atoms with Crippen LogP contribution in [0.1, 0.15) is 25.7 Å². The Kier molecular flexibility index (Phi) is 3.71. The molecule has 1 aliphatic carbocycles. The Labute approximate surface area is 121 Å². The van der Waals surface area contributed by atoms with Crippen molar-refractivity contribution in [3.05, 3.63) is 34.9 Å². The van der Waals surface area contributed by atoms with Crippen molar-refractivity contribution in [3.63, 3.8) is 0 Å². The van der Waals surface area contributed by atoms with Gasteiger partial charge in [0.05, 0.1) is 23.3 Å². The Balaban J connectivity index is 1.92. The van der Waals surface area contributed by atoms with Crippen LogP contribution in [-0.2, 0) is 0 Å². The van der Waals surface area contributed by atoms with E-state index in [1.807, 2.05) is 18.3 Å². The van der Waals surface area contributed by atoms with Gasteiger partial charge in [-0.25, -0.2) is 0 Å². The molecule has 0 aliphatic heterocycles. The molecule has 1 fully saturated rings. The molecule has 2 unspecified atom stereocenters. The molecule has 0 saturated heterocycles. The highest BCUT2D eigenvalue weighted by Crippen LogP contribution is 2.27. The van der Waals surface area contributed by atoms with Crippen LogP contribution in [0.2, 0.25) is 0 Å². The fourth-order valence-corrected chi connectivity index (χ4v) is 3.08. The summed E-state index contributed by atoms with van der Waals surface area (Å²) in [5.41, 5.74) is 1.97. The molecule has 2 aromatic rings. The van der Waals surface area contributed by atoms with Gasteiger partial charge in [-0.05, 0) is 40.9 Å². The predicted molar refractivity (Wildman–Crippen MR) is 81.3 cm³/mol. The van der Waals surface area contributed by atoms with E-state index >= 15 is 0 Å². The van der Waals surface area contributed by atoms with Crippen molar-refractivity contribution in [1.29, 1.82) is 0 Å². The minimum Gasteiger partial charge on any atom is -0.391 e. The number of hydrogen-bond acceptors (Lipinski definition) is 3. The molecule has 1 heterocycles. The molecule has 3 nitrogen and oxygen atoms in total. The van der Waals surface area contributed by atoms with Crippen molar-refractivity contribution in [1.82, 2.24) is 4.98 Å². The topological polar surface area (TPSA) is 45.1 Å². The highest BCUT2D eigenvalue weighted by Gasteiger charge is 2.23. The summed E-state index contributed by atoms with van der Waals surface area (Å²) in [6, 6.07) is 8.31. The molecule has 1 saturated carbocycles. The van der Waals surface area contributed by atoms with E-state index in [0.29, 0.717) is 0 Å². The van der Waals surface area contributed by atoms with Crippen LogP contribution in [0.3, 0.4) is 0 Å². The summed E-state index contributed by atoms with van der Waals surface area (Å²) >= 11 is 3.44. The maximum atomic E-state index is 10.1. The number of aliphatic hydroxyl groups is 1. The fraction of sp³-hybridized carbons (Fsp3) is 0.400. The van der Waals surface area contributed by atoms with E-state index in [0.717, 1.165) is 40.3 Å². The molecule has 1 aromatic heterocycles. The Morgan fingerprint density at radius 1 is 1.26 bits per heavy atom. The third-order valence-corrected chi connectivity index (χ3v) is 4.18. The maximum absolute atomic E-state index is 10.1. The predicted octanol–water partition coefficient (Wildman–Crippen LogP) is 3.71. The van der Waals surface area contributed by atoms with E-state index in [9.17, 15) is 5.11 Å². The minimum atomic E-state index is -0.251. The minimum absolute atomic E-state index is 0.143. The van der Waals surface area contributed by atoms with Crippen molar-refractivity contribution in [2.75, 3.05) is 5.32 Å². The molecule has 0 radical (unpaired) electrons. The largest absolute Gasteiger partial charge is 0.391 e. The van der Waals surface area contributed by atoms with Crippen molar-refractivity contribution in [2.24, 2.45) is 0 Å². The van der Waals surface area contributed by atoms with Crippen LogP contribution in [0.4, 0.5) is 5.69 Å². The van der Waals surface area contributed by atoms with Gasteiger partial charge in [0, 0.05) is 16.1 Å². The van der Waals surface area contributed by atoms with Gasteiger partial charge in [-0.2, -0.15) is 0 Å². The highest BCUT2D eigenvalue weighted by atomic mass is 79.9. The second-order valence-electron chi connectivity index (χ2n) is 5.13. The zero-order valence-electron chi connectivity index (χ0n) is 10.6. The van der Waals surface area contributed by atoms with E-state index in [2.05, 4.69) is 38.4 Å². The number of benzene rings is 1. The number of hydrogen-bond donors (Lipinski definition) is 2. The summed E-state index contributed by atoms with van der Waals surface area (Å²) in [6.07, 6.45) is 5.78. The first-order chi connectivity index (χ1) is 9.24. The van der Waals surface area contributed by atoms with Crippen molar-refractivity contribution < 1.29 is 5.11 Å². The van der Waals surface area contributed by atoms with E-state index in [4.69, 9.17) is 0 Å². The molecule has 0 spiro atoms. The lowest BCUT2D eigenvalue weighted by Gasteiger charge is -2.29. The smallest absolute Gasteiger partial charge is 0.0934 e. The molecule has 3 rings (SSSR count). The molecule has 1 aliphatic rings. The molecule has 19 heavy (non-hydrogen) atoms. The molecule has 2 N–H and O–H groups in total. The summed E-state index contributed by atoms with van der Waals surface area (Å²) in [5, 5.41) is 14.6. The van der Waals surface area contributed by atoms with E-state index in [-0.39, 0.29) is 12.1 Å². The Morgan fingerprint density at radius 3 is 2.95 bits per heavy atom. The molecular weight excluding hydrogens is 304 g/mol. The van der Waals surface area contributed by atoms with Gasteiger partial charge in [0.15, 0.2) is 0 Å². The summed E-state index contributed by atoms with van der Waals surface area (Å²) in [6.45, 7) is 0. The number of nitrogens with zero attached hydrogens (tertiary/aromatic N) is 1. The van der Waals surface area contributed by atoms with E-state index in [1.165, 1.54) is 6.42 Å². The normalized spacial score (nSPS) is 23.5. The molecule has 2 atom stereocenters. The van der Waals surface area contributed by atoms with Gasteiger partial charge in [0.2, 0.25) is 0 Å².